The van der Waals surface area contributed by atoms with Crippen LogP contribution in [0.5, 0.6) is 0 Å². The van der Waals surface area contributed by atoms with Crippen molar-refractivity contribution in [3.63, 3.8) is 0 Å². The first-order valence-corrected chi connectivity index (χ1v) is 7.16. The van der Waals surface area contributed by atoms with Crippen LogP contribution in [0.3, 0.4) is 0 Å². The Labute approximate surface area is 104 Å². The van der Waals surface area contributed by atoms with Gasteiger partial charge in [-0.3, -0.25) is 0 Å². The van der Waals surface area contributed by atoms with Crippen LogP contribution in [0.1, 0.15) is 28.7 Å². The molecule has 0 radical (unpaired) electrons. The third kappa shape index (κ3) is 1.47. The van der Waals surface area contributed by atoms with E-state index in [-0.39, 0.29) is 0 Å². The SMILES string of the molecule is c1cc2c(s1)CCc1[nH]c(C3CCNC3)nc1-2. The molecule has 0 saturated carbocycles. The van der Waals surface area contributed by atoms with Gasteiger partial charge in [0.25, 0.3) is 0 Å². The molecule has 2 aromatic heterocycles. The van der Waals surface area contributed by atoms with E-state index in [1.165, 1.54) is 40.5 Å². The van der Waals surface area contributed by atoms with Gasteiger partial charge in [-0.05, 0) is 37.3 Å². The number of aromatic amines is 1. The molecule has 0 amide bonds. The number of rotatable bonds is 1. The van der Waals surface area contributed by atoms with Crippen LogP contribution in [0.15, 0.2) is 11.4 Å². The number of hydrogen-bond donors (Lipinski definition) is 2. The molecular formula is C13H15N3S. The molecule has 1 saturated heterocycles. The number of H-pyrrole nitrogens is 1. The number of nitrogens with one attached hydrogen (secondary N) is 2. The van der Waals surface area contributed by atoms with Gasteiger partial charge in [-0.25, -0.2) is 4.98 Å². The largest absolute Gasteiger partial charge is 0.345 e. The zero-order chi connectivity index (χ0) is 11.2. The Balaban J connectivity index is 1.79. The Morgan fingerprint density at radius 3 is 3.24 bits per heavy atom. The molecule has 4 heteroatoms. The van der Waals surface area contributed by atoms with Crippen LogP contribution in [-0.4, -0.2) is 23.1 Å². The fraction of sp³-hybridized carbons (Fsp3) is 0.462. The second-order valence-corrected chi connectivity index (χ2v) is 5.90. The second-order valence-electron chi connectivity index (χ2n) is 4.90. The molecule has 1 aliphatic heterocycles. The number of hydrogen-bond acceptors (Lipinski definition) is 3. The first-order chi connectivity index (χ1) is 8.42. The third-order valence-electron chi connectivity index (χ3n) is 3.85. The Bertz CT molecular complexity index is 549. The molecule has 17 heavy (non-hydrogen) atoms. The molecule has 1 fully saturated rings. The highest BCUT2D eigenvalue weighted by molar-refractivity contribution is 7.10. The maximum Gasteiger partial charge on any atom is 0.111 e. The summed E-state index contributed by atoms with van der Waals surface area (Å²) in [6.07, 6.45) is 3.50. The van der Waals surface area contributed by atoms with Gasteiger partial charge in [-0.15, -0.1) is 11.3 Å². The topological polar surface area (TPSA) is 40.7 Å². The minimum atomic E-state index is 0.586. The summed E-state index contributed by atoms with van der Waals surface area (Å²) in [5.74, 6) is 1.78. The standard InChI is InChI=1S/C13H15N3S/c1-2-11-9(4-6-17-11)12-10(1)15-13(16-12)8-3-5-14-7-8/h4,6,8,14H,1-3,5,7H2,(H,15,16). The van der Waals surface area contributed by atoms with Crippen molar-refractivity contribution in [1.29, 1.82) is 0 Å². The van der Waals surface area contributed by atoms with E-state index < -0.39 is 0 Å². The van der Waals surface area contributed by atoms with Crippen molar-refractivity contribution >= 4 is 11.3 Å². The van der Waals surface area contributed by atoms with Gasteiger partial charge in [0.1, 0.15) is 5.82 Å². The highest BCUT2D eigenvalue weighted by Gasteiger charge is 2.25. The predicted octanol–water partition coefficient (Wildman–Crippen LogP) is 2.31. The van der Waals surface area contributed by atoms with Crippen molar-refractivity contribution in [2.45, 2.75) is 25.2 Å². The maximum atomic E-state index is 4.86. The summed E-state index contributed by atoms with van der Waals surface area (Å²) < 4.78 is 0. The molecule has 0 aromatic carbocycles. The highest BCUT2D eigenvalue weighted by Crippen LogP contribution is 2.36. The lowest BCUT2D eigenvalue weighted by molar-refractivity contribution is 0.711. The van der Waals surface area contributed by atoms with Crippen molar-refractivity contribution in [3.05, 3.63) is 27.8 Å². The molecule has 2 aromatic rings. The quantitative estimate of drug-likeness (QED) is 0.809. The first kappa shape index (κ1) is 9.85. The van der Waals surface area contributed by atoms with E-state index in [4.69, 9.17) is 4.98 Å². The van der Waals surface area contributed by atoms with E-state index in [1.54, 1.807) is 0 Å². The summed E-state index contributed by atoms with van der Waals surface area (Å²) in [7, 11) is 0. The molecule has 2 aliphatic rings. The summed E-state index contributed by atoms with van der Waals surface area (Å²) in [5.41, 5.74) is 3.93. The lowest BCUT2D eigenvalue weighted by Gasteiger charge is -2.09. The van der Waals surface area contributed by atoms with Gasteiger partial charge >= 0.3 is 0 Å². The first-order valence-electron chi connectivity index (χ1n) is 6.28. The predicted molar refractivity (Wildman–Crippen MR) is 69.5 cm³/mol. The molecule has 1 unspecified atom stereocenters. The van der Waals surface area contributed by atoms with Crippen LogP contribution in [0.4, 0.5) is 0 Å². The number of nitrogens with zero attached hydrogens (tertiary/aromatic N) is 1. The van der Waals surface area contributed by atoms with Gasteiger partial charge in [0.2, 0.25) is 0 Å². The average Bonchev–Trinajstić information content (AvgIpc) is 3.08. The molecular weight excluding hydrogens is 230 g/mol. The highest BCUT2D eigenvalue weighted by atomic mass is 32.1. The normalized spacial score (nSPS) is 22.5. The van der Waals surface area contributed by atoms with E-state index in [0.29, 0.717) is 5.92 Å². The van der Waals surface area contributed by atoms with Gasteiger partial charge in [-0.1, -0.05) is 0 Å². The maximum absolute atomic E-state index is 4.86. The molecule has 3 heterocycles. The Morgan fingerprint density at radius 2 is 2.35 bits per heavy atom. The van der Waals surface area contributed by atoms with Crippen molar-refractivity contribution < 1.29 is 0 Å². The smallest absolute Gasteiger partial charge is 0.111 e. The molecule has 0 bridgehead atoms. The summed E-state index contributed by atoms with van der Waals surface area (Å²) >= 11 is 1.86. The lowest BCUT2D eigenvalue weighted by Crippen LogP contribution is -2.08. The number of aromatic nitrogens is 2. The van der Waals surface area contributed by atoms with E-state index >= 15 is 0 Å². The number of aryl methyl sites for hydroxylation is 2. The van der Waals surface area contributed by atoms with Crippen LogP contribution < -0.4 is 5.32 Å². The van der Waals surface area contributed by atoms with Crippen LogP contribution in [0, 0.1) is 0 Å². The molecule has 4 rings (SSSR count). The van der Waals surface area contributed by atoms with Gasteiger partial charge in [-0.2, -0.15) is 0 Å². The van der Waals surface area contributed by atoms with E-state index in [0.717, 1.165) is 19.5 Å². The Hall–Kier alpha value is -1.13. The second kappa shape index (κ2) is 3.68. The van der Waals surface area contributed by atoms with E-state index in [9.17, 15) is 0 Å². The van der Waals surface area contributed by atoms with Crippen LogP contribution in [0.2, 0.25) is 0 Å². The molecule has 88 valence electrons. The number of imidazole rings is 1. The van der Waals surface area contributed by atoms with Crippen molar-refractivity contribution in [3.8, 4) is 11.3 Å². The van der Waals surface area contributed by atoms with E-state index in [2.05, 4.69) is 21.7 Å². The van der Waals surface area contributed by atoms with Gasteiger partial charge in [0, 0.05) is 28.6 Å². The molecule has 2 N–H and O–H groups in total. The van der Waals surface area contributed by atoms with Crippen molar-refractivity contribution in [2.75, 3.05) is 13.1 Å². The number of fused-ring (bicyclic) bond motifs is 3. The number of thiophene rings is 1. The minimum Gasteiger partial charge on any atom is -0.345 e. The Kier molecular flexibility index (Phi) is 2.13. The molecule has 0 spiro atoms. The monoisotopic (exact) mass is 245 g/mol. The summed E-state index contributed by atoms with van der Waals surface area (Å²) in [6.45, 7) is 2.20. The van der Waals surface area contributed by atoms with Crippen LogP contribution in [0.25, 0.3) is 11.3 Å². The molecule has 1 aliphatic carbocycles. The van der Waals surface area contributed by atoms with Gasteiger partial charge in [0.15, 0.2) is 0 Å². The fourth-order valence-electron chi connectivity index (χ4n) is 2.90. The minimum absolute atomic E-state index is 0.586. The van der Waals surface area contributed by atoms with Gasteiger partial charge in [0.05, 0.1) is 5.69 Å². The molecule has 3 nitrogen and oxygen atoms in total. The van der Waals surface area contributed by atoms with Crippen molar-refractivity contribution in [1.82, 2.24) is 15.3 Å². The zero-order valence-electron chi connectivity index (χ0n) is 9.62. The van der Waals surface area contributed by atoms with Crippen LogP contribution >= 0.6 is 11.3 Å². The van der Waals surface area contributed by atoms with Gasteiger partial charge < -0.3 is 10.3 Å². The summed E-state index contributed by atoms with van der Waals surface area (Å²) in [6, 6.07) is 2.22. The summed E-state index contributed by atoms with van der Waals surface area (Å²) in [4.78, 5) is 9.92. The Morgan fingerprint density at radius 1 is 1.35 bits per heavy atom. The average molecular weight is 245 g/mol. The van der Waals surface area contributed by atoms with Crippen molar-refractivity contribution in [2.24, 2.45) is 0 Å². The van der Waals surface area contributed by atoms with E-state index in [1.807, 2.05) is 11.3 Å². The molecule has 1 atom stereocenters. The zero-order valence-corrected chi connectivity index (χ0v) is 10.4. The summed E-state index contributed by atoms with van der Waals surface area (Å²) in [5, 5.41) is 5.59. The lowest BCUT2D eigenvalue weighted by atomic mass is 10.0. The van der Waals surface area contributed by atoms with Crippen LogP contribution in [-0.2, 0) is 12.8 Å². The fourth-order valence-corrected chi connectivity index (χ4v) is 3.78. The third-order valence-corrected chi connectivity index (χ3v) is 4.83.